The third kappa shape index (κ3) is 3.31. The number of nitrogens with two attached hydrogens (primary N) is 1. The lowest BCUT2D eigenvalue weighted by atomic mass is 9.98. The van der Waals surface area contributed by atoms with Crippen molar-refractivity contribution in [1.82, 2.24) is 0 Å². The Morgan fingerprint density at radius 2 is 1.85 bits per heavy atom. The van der Waals surface area contributed by atoms with E-state index >= 15 is 0 Å². The molecule has 0 aromatic heterocycles. The van der Waals surface area contributed by atoms with Crippen LogP contribution in [0.5, 0.6) is 11.5 Å². The second-order valence-electron chi connectivity index (χ2n) is 4.89. The lowest BCUT2D eigenvalue weighted by molar-refractivity contribution is 0.411. The van der Waals surface area contributed by atoms with Gasteiger partial charge in [0, 0.05) is 6.04 Å². The zero-order valence-electron chi connectivity index (χ0n) is 12.2. The standard InChI is InChI=1S/C17H21NO2/c1-12-9-14(7-8-17(12)20-3)16(18)11-13-5-4-6-15(10-13)19-2/h4-10,16H,11,18H2,1-3H3. The zero-order valence-corrected chi connectivity index (χ0v) is 12.2. The Kier molecular flexibility index (Phi) is 4.64. The van der Waals surface area contributed by atoms with Crippen molar-refractivity contribution in [2.75, 3.05) is 14.2 Å². The van der Waals surface area contributed by atoms with Gasteiger partial charge in [0.15, 0.2) is 0 Å². The van der Waals surface area contributed by atoms with E-state index in [1.54, 1.807) is 14.2 Å². The van der Waals surface area contributed by atoms with Gasteiger partial charge in [-0.2, -0.15) is 0 Å². The van der Waals surface area contributed by atoms with E-state index in [1.165, 1.54) is 5.56 Å². The zero-order chi connectivity index (χ0) is 14.5. The van der Waals surface area contributed by atoms with E-state index in [4.69, 9.17) is 15.2 Å². The van der Waals surface area contributed by atoms with Crippen LogP contribution in [0.25, 0.3) is 0 Å². The van der Waals surface area contributed by atoms with Crippen LogP contribution in [0.4, 0.5) is 0 Å². The Morgan fingerprint density at radius 3 is 2.50 bits per heavy atom. The molecule has 2 aromatic rings. The first-order valence-electron chi connectivity index (χ1n) is 6.67. The Labute approximate surface area is 120 Å². The molecule has 0 aliphatic heterocycles. The highest BCUT2D eigenvalue weighted by Crippen LogP contribution is 2.24. The molecule has 0 heterocycles. The third-order valence-corrected chi connectivity index (χ3v) is 3.44. The number of ether oxygens (including phenoxy) is 2. The van der Waals surface area contributed by atoms with Gasteiger partial charge in [0.2, 0.25) is 0 Å². The Balaban J connectivity index is 2.14. The smallest absolute Gasteiger partial charge is 0.121 e. The molecule has 3 nitrogen and oxygen atoms in total. The van der Waals surface area contributed by atoms with Gasteiger partial charge in [0.1, 0.15) is 11.5 Å². The SMILES string of the molecule is COc1cccc(CC(N)c2ccc(OC)c(C)c2)c1. The second kappa shape index (κ2) is 6.44. The van der Waals surface area contributed by atoms with Gasteiger partial charge in [-0.05, 0) is 48.2 Å². The largest absolute Gasteiger partial charge is 0.497 e. The minimum Gasteiger partial charge on any atom is -0.497 e. The average Bonchev–Trinajstić information content (AvgIpc) is 2.47. The van der Waals surface area contributed by atoms with Crippen molar-refractivity contribution in [1.29, 1.82) is 0 Å². The average molecular weight is 271 g/mol. The van der Waals surface area contributed by atoms with E-state index in [9.17, 15) is 0 Å². The van der Waals surface area contributed by atoms with Crippen LogP contribution in [0.1, 0.15) is 22.7 Å². The molecule has 0 spiro atoms. The maximum Gasteiger partial charge on any atom is 0.121 e. The summed E-state index contributed by atoms with van der Waals surface area (Å²) in [6, 6.07) is 14.1. The fourth-order valence-electron chi connectivity index (χ4n) is 2.30. The van der Waals surface area contributed by atoms with Gasteiger partial charge in [-0.25, -0.2) is 0 Å². The van der Waals surface area contributed by atoms with E-state index in [-0.39, 0.29) is 6.04 Å². The molecule has 1 unspecified atom stereocenters. The molecule has 20 heavy (non-hydrogen) atoms. The van der Waals surface area contributed by atoms with Crippen molar-refractivity contribution in [3.05, 3.63) is 59.2 Å². The monoisotopic (exact) mass is 271 g/mol. The predicted octanol–water partition coefficient (Wildman–Crippen LogP) is 3.25. The van der Waals surface area contributed by atoms with E-state index in [2.05, 4.69) is 12.1 Å². The number of aryl methyl sites for hydroxylation is 1. The minimum atomic E-state index is -0.0355. The Hall–Kier alpha value is -2.00. The van der Waals surface area contributed by atoms with Gasteiger partial charge in [-0.1, -0.05) is 24.3 Å². The number of rotatable bonds is 5. The van der Waals surface area contributed by atoms with E-state index in [0.717, 1.165) is 29.0 Å². The summed E-state index contributed by atoms with van der Waals surface area (Å²) in [6.45, 7) is 2.03. The van der Waals surface area contributed by atoms with E-state index < -0.39 is 0 Å². The molecule has 0 amide bonds. The molecule has 0 aliphatic rings. The van der Waals surface area contributed by atoms with Crippen LogP contribution < -0.4 is 15.2 Å². The number of benzene rings is 2. The van der Waals surface area contributed by atoms with E-state index in [0.29, 0.717) is 0 Å². The van der Waals surface area contributed by atoms with Crippen molar-refractivity contribution in [3.63, 3.8) is 0 Å². The Morgan fingerprint density at radius 1 is 1.05 bits per heavy atom. The highest BCUT2D eigenvalue weighted by Gasteiger charge is 2.09. The molecule has 0 saturated carbocycles. The van der Waals surface area contributed by atoms with Crippen molar-refractivity contribution < 1.29 is 9.47 Å². The normalized spacial score (nSPS) is 12.0. The summed E-state index contributed by atoms with van der Waals surface area (Å²) in [7, 11) is 3.35. The highest BCUT2D eigenvalue weighted by atomic mass is 16.5. The summed E-state index contributed by atoms with van der Waals surface area (Å²) in [5, 5.41) is 0. The maximum absolute atomic E-state index is 6.30. The fraction of sp³-hybridized carbons (Fsp3) is 0.294. The molecule has 0 fully saturated rings. The predicted molar refractivity (Wildman–Crippen MR) is 81.4 cm³/mol. The first kappa shape index (κ1) is 14.4. The lowest BCUT2D eigenvalue weighted by Crippen LogP contribution is -2.13. The summed E-state index contributed by atoms with van der Waals surface area (Å²) in [4.78, 5) is 0. The lowest BCUT2D eigenvalue weighted by Gasteiger charge is -2.15. The molecule has 2 aromatic carbocycles. The summed E-state index contributed by atoms with van der Waals surface area (Å²) in [5.41, 5.74) is 9.69. The van der Waals surface area contributed by atoms with Gasteiger partial charge in [-0.15, -0.1) is 0 Å². The van der Waals surface area contributed by atoms with Gasteiger partial charge in [-0.3, -0.25) is 0 Å². The molecule has 2 N–H and O–H groups in total. The molecule has 0 aliphatic carbocycles. The molecule has 0 saturated heterocycles. The van der Waals surface area contributed by atoms with Crippen LogP contribution >= 0.6 is 0 Å². The van der Waals surface area contributed by atoms with Crippen LogP contribution in [0, 0.1) is 6.92 Å². The quantitative estimate of drug-likeness (QED) is 0.908. The summed E-state index contributed by atoms with van der Waals surface area (Å²) < 4.78 is 10.5. The highest BCUT2D eigenvalue weighted by molar-refractivity contribution is 5.38. The number of methoxy groups -OCH3 is 2. The molecule has 106 valence electrons. The maximum atomic E-state index is 6.30. The number of hydrogen-bond donors (Lipinski definition) is 1. The number of hydrogen-bond acceptors (Lipinski definition) is 3. The van der Waals surface area contributed by atoms with Crippen molar-refractivity contribution in [3.8, 4) is 11.5 Å². The summed E-state index contributed by atoms with van der Waals surface area (Å²) in [6.07, 6.45) is 0.781. The second-order valence-corrected chi connectivity index (χ2v) is 4.89. The fourth-order valence-corrected chi connectivity index (χ4v) is 2.30. The first-order chi connectivity index (χ1) is 9.63. The molecular formula is C17H21NO2. The summed E-state index contributed by atoms with van der Waals surface area (Å²) in [5.74, 6) is 1.75. The van der Waals surface area contributed by atoms with Crippen LogP contribution in [0.3, 0.4) is 0 Å². The van der Waals surface area contributed by atoms with Gasteiger partial charge < -0.3 is 15.2 Å². The van der Waals surface area contributed by atoms with Gasteiger partial charge in [0.25, 0.3) is 0 Å². The molecule has 0 radical (unpaired) electrons. The van der Waals surface area contributed by atoms with Crippen LogP contribution in [0.2, 0.25) is 0 Å². The van der Waals surface area contributed by atoms with Crippen LogP contribution in [-0.4, -0.2) is 14.2 Å². The molecule has 3 heteroatoms. The molecule has 1 atom stereocenters. The first-order valence-corrected chi connectivity index (χ1v) is 6.67. The molecular weight excluding hydrogens is 250 g/mol. The van der Waals surface area contributed by atoms with Gasteiger partial charge >= 0.3 is 0 Å². The topological polar surface area (TPSA) is 44.5 Å². The summed E-state index contributed by atoms with van der Waals surface area (Å²) >= 11 is 0. The van der Waals surface area contributed by atoms with Crippen LogP contribution in [0.15, 0.2) is 42.5 Å². The Bertz CT molecular complexity index is 581. The van der Waals surface area contributed by atoms with Crippen molar-refractivity contribution in [2.24, 2.45) is 5.73 Å². The molecule has 2 rings (SSSR count). The van der Waals surface area contributed by atoms with Gasteiger partial charge in [0.05, 0.1) is 14.2 Å². The molecule has 0 bridgehead atoms. The third-order valence-electron chi connectivity index (χ3n) is 3.44. The van der Waals surface area contributed by atoms with E-state index in [1.807, 2.05) is 37.3 Å². The van der Waals surface area contributed by atoms with Crippen LogP contribution in [-0.2, 0) is 6.42 Å². The van der Waals surface area contributed by atoms with Crippen molar-refractivity contribution in [2.45, 2.75) is 19.4 Å². The minimum absolute atomic E-state index is 0.0355. The van der Waals surface area contributed by atoms with Crippen molar-refractivity contribution >= 4 is 0 Å².